The van der Waals surface area contributed by atoms with Crippen LogP contribution in [0.3, 0.4) is 0 Å². The monoisotopic (exact) mass is 370 g/mol. The fourth-order valence-electron chi connectivity index (χ4n) is 3.66. The molecule has 142 valence electrons. The van der Waals surface area contributed by atoms with Gasteiger partial charge >= 0.3 is 12.1 Å². The lowest BCUT2D eigenvalue weighted by atomic mass is 10.0. The van der Waals surface area contributed by atoms with Crippen LogP contribution in [0.1, 0.15) is 40.4 Å². The van der Waals surface area contributed by atoms with Crippen LogP contribution < -0.4 is 0 Å². The SMILES string of the molecule is COC(=O)c1ccc(C[C@@H]2CC[C@H]([C@H](O)c3cccnc3)N2C(=O)O)cc1. The molecule has 7 heteroatoms. The van der Waals surface area contributed by atoms with E-state index in [1.54, 1.807) is 48.8 Å². The number of carbonyl (C=O) groups excluding carboxylic acids is 1. The van der Waals surface area contributed by atoms with E-state index in [0.29, 0.717) is 30.4 Å². The molecule has 1 saturated heterocycles. The van der Waals surface area contributed by atoms with Crippen LogP contribution in [0.25, 0.3) is 0 Å². The number of esters is 1. The number of methoxy groups -OCH3 is 1. The van der Waals surface area contributed by atoms with Gasteiger partial charge in [0, 0.05) is 24.0 Å². The van der Waals surface area contributed by atoms with E-state index in [2.05, 4.69) is 9.72 Å². The fourth-order valence-corrected chi connectivity index (χ4v) is 3.66. The maximum atomic E-state index is 11.9. The molecule has 1 amide bonds. The third-order valence-corrected chi connectivity index (χ3v) is 5.00. The van der Waals surface area contributed by atoms with Crippen LogP contribution in [0.2, 0.25) is 0 Å². The quantitative estimate of drug-likeness (QED) is 0.785. The largest absolute Gasteiger partial charge is 0.465 e. The summed E-state index contributed by atoms with van der Waals surface area (Å²) in [6.07, 6.45) is 2.97. The van der Waals surface area contributed by atoms with Crippen LogP contribution in [0.15, 0.2) is 48.8 Å². The summed E-state index contributed by atoms with van der Waals surface area (Å²) >= 11 is 0. The van der Waals surface area contributed by atoms with Gasteiger partial charge in [0.15, 0.2) is 0 Å². The molecule has 3 rings (SSSR count). The molecular formula is C20H22N2O5. The predicted molar refractivity (Wildman–Crippen MR) is 97.4 cm³/mol. The smallest absolute Gasteiger partial charge is 0.407 e. The molecule has 0 saturated carbocycles. The number of benzene rings is 1. The van der Waals surface area contributed by atoms with Crippen LogP contribution >= 0.6 is 0 Å². The highest BCUT2D eigenvalue weighted by Gasteiger charge is 2.41. The molecule has 1 fully saturated rings. The summed E-state index contributed by atoms with van der Waals surface area (Å²) in [6.45, 7) is 0. The van der Waals surface area contributed by atoms with Crippen LogP contribution in [0.4, 0.5) is 4.79 Å². The minimum Gasteiger partial charge on any atom is -0.465 e. The number of carbonyl (C=O) groups is 2. The lowest BCUT2D eigenvalue weighted by Gasteiger charge is -2.30. The molecule has 1 aromatic heterocycles. The summed E-state index contributed by atoms with van der Waals surface area (Å²) in [5.74, 6) is -0.408. The highest BCUT2D eigenvalue weighted by molar-refractivity contribution is 5.89. The normalized spacial score (nSPS) is 20.3. The number of hydrogen-bond donors (Lipinski definition) is 2. The van der Waals surface area contributed by atoms with Crippen LogP contribution in [-0.2, 0) is 11.2 Å². The summed E-state index contributed by atoms with van der Waals surface area (Å²) in [7, 11) is 1.33. The zero-order chi connectivity index (χ0) is 19.4. The van der Waals surface area contributed by atoms with E-state index in [1.165, 1.54) is 12.0 Å². The molecule has 0 spiro atoms. The van der Waals surface area contributed by atoms with E-state index in [0.717, 1.165) is 5.56 Å². The fraction of sp³-hybridized carbons (Fsp3) is 0.350. The number of likely N-dealkylation sites (tertiary alicyclic amines) is 1. The Balaban J connectivity index is 1.74. The van der Waals surface area contributed by atoms with Gasteiger partial charge in [-0.25, -0.2) is 9.59 Å². The molecule has 2 heterocycles. The molecule has 2 aromatic rings. The zero-order valence-electron chi connectivity index (χ0n) is 15.0. The van der Waals surface area contributed by atoms with Gasteiger partial charge in [-0.05, 0) is 43.0 Å². The van der Waals surface area contributed by atoms with Gasteiger partial charge in [0.05, 0.1) is 18.7 Å². The molecule has 27 heavy (non-hydrogen) atoms. The highest BCUT2D eigenvalue weighted by atomic mass is 16.5. The second kappa shape index (κ2) is 8.18. The van der Waals surface area contributed by atoms with Crippen LogP contribution in [0, 0.1) is 0 Å². The molecular weight excluding hydrogens is 348 g/mol. The Hall–Kier alpha value is -2.93. The van der Waals surface area contributed by atoms with E-state index in [-0.39, 0.29) is 6.04 Å². The van der Waals surface area contributed by atoms with Crippen LogP contribution in [0.5, 0.6) is 0 Å². The van der Waals surface area contributed by atoms with Gasteiger partial charge < -0.3 is 14.9 Å². The summed E-state index contributed by atoms with van der Waals surface area (Å²) < 4.78 is 4.68. The van der Waals surface area contributed by atoms with Crippen molar-refractivity contribution in [3.8, 4) is 0 Å². The van der Waals surface area contributed by atoms with Crippen molar-refractivity contribution in [3.05, 3.63) is 65.5 Å². The molecule has 1 aromatic carbocycles. The minimum absolute atomic E-state index is 0.234. The van der Waals surface area contributed by atoms with Gasteiger partial charge in [0.1, 0.15) is 6.10 Å². The summed E-state index contributed by atoms with van der Waals surface area (Å²) in [5, 5.41) is 20.4. The number of hydrogen-bond acceptors (Lipinski definition) is 5. The van der Waals surface area contributed by atoms with Crippen molar-refractivity contribution in [1.29, 1.82) is 0 Å². The molecule has 3 atom stereocenters. The first kappa shape index (κ1) is 18.8. The Kier molecular flexibility index (Phi) is 5.71. The Bertz CT molecular complexity index is 794. The van der Waals surface area contributed by atoms with Gasteiger partial charge in [-0.2, -0.15) is 0 Å². The van der Waals surface area contributed by atoms with Crippen molar-refractivity contribution in [2.75, 3.05) is 7.11 Å². The number of pyridine rings is 1. The number of aliphatic hydroxyl groups is 1. The molecule has 2 N–H and O–H groups in total. The third-order valence-electron chi connectivity index (χ3n) is 5.00. The maximum Gasteiger partial charge on any atom is 0.407 e. The second-order valence-corrected chi connectivity index (χ2v) is 6.61. The topological polar surface area (TPSA) is 100.0 Å². The Morgan fingerprint density at radius 2 is 2.00 bits per heavy atom. The van der Waals surface area contributed by atoms with Gasteiger partial charge in [0.25, 0.3) is 0 Å². The average molecular weight is 370 g/mol. The number of rotatable bonds is 5. The van der Waals surface area contributed by atoms with E-state index in [9.17, 15) is 19.8 Å². The number of carboxylic acid groups (broad SMARTS) is 1. The molecule has 0 bridgehead atoms. The molecule has 0 aliphatic carbocycles. The van der Waals surface area contributed by atoms with Gasteiger partial charge in [0.2, 0.25) is 0 Å². The van der Waals surface area contributed by atoms with Gasteiger partial charge in [-0.1, -0.05) is 18.2 Å². The van der Waals surface area contributed by atoms with E-state index < -0.39 is 24.2 Å². The Morgan fingerprint density at radius 3 is 2.59 bits per heavy atom. The maximum absolute atomic E-state index is 11.9. The van der Waals surface area contributed by atoms with Crippen molar-refractivity contribution in [3.63, 3.8) is 0 Å². The lowest BCUT2D eigenvalue weighted by Crippen LogP contribution is -2.44. The number of ether oxygens (including phenoxy) is 1. The number of aromatic nitrogens is 1. The lowest BCUT2D eigenvalue weighted by molar-refractivity contribution is 0.0539. The van der Waals surface area contributed by atoms with Crippen molar-refractivity contribution in [2.45, 2.75) is 37.5 Å². The molecule has 1 aliphatic heterocycles. The first-order valence-electron chi connectivity index (χ1n) is 8.77. The zero-order valence-corrected chi connectivity index (χ0v) is 15.0. The minimum atomic E-state index is -1.04. The molecule has 0 unspecified atom stereocenters. The van der Waals surface area contributed by atoms with Crippen molar-refractivity contribution < 1.29 is 24.5 Å². The third kappa shape index (κ3) is 4.09. The van der Waals surface area contributed by atoms with Gasteiger partial charge in [-0.3, -0.25) is 9.88 Å². The number of aliphatic hydroxyl groups excluding tert-OH is 1. The molecule has 1 aliphatic rings. The van der Waals surface area contributed by atoms with Crippen molar-refractivity contribution in [2.24, 2.45) is 0 Å². The first-order valence-corrected chi connectivity index (χ1v) is 8.77. The first-order chi connectivity index (χ1) is 13.0. The number of nitrogens with zero attached hydrogens (tertiary/aromatic N) is 2. The summed E-state index contributed by atoms with van der Waals surface area (Å²) in [4.78, 5) is 28.7. The second-order valence-electron chi connectivity index (χ2n) is 6.61. The van der Waals surface area contributed by atoms with E-state index in [1.807, 2.05) is 0 Å². The van der Waals surface area contributed by atoms with Crippen molar-refractivity contribution in [1.82, 2.24) is 9.88 Å². The molecule has 0 radical (unpaired) electrons. The Morgan fingerprint density at radius 1 is 1.26 bits per heavy atom. The predicted octanol–water partition coefficient (Wildman–Crippen LogP) is 2.66. The van der Waals surface area contributed by atoms with Crippen LogP contribution in [-0.4, -0.2) is 51.4 Å². The summed E-state index contributed by atoms with van der Waals surface area (Å²) in [6, 6.07) is 9.67. The van der Waals surface area contributed by atoms with Crippen molar-refractivity contribution >= 4 is 12.1 Å². The van der Waals surface area contributed by atoms with E-state index in [4.69, 9.17) is 0 Å². The Labute approximate surface area is 157 Å². The highest BCUT2D eigenvalue weighted by Crippen LogP contribution is 2.34. The average Bonchev–Trinajstić information content (AvgIpc) is 3.11. The number of amides is 1. The molecule has 7 nitrogen and oxygen atoms in total. The van der Waals surface area contributed by atoms with Gasteiger partial charge in [-0.15, -0.1) is 0 Å². The standard InChI is InChI=1S/C20H22N2O5/c1-27-19(24)14-6-4-13(5-7-14)11-16-8-9-17(22(16)20(25)26)18(23)15-3-2-10-21-12-15/h2-7,10,12,16-18,23H,8-9,11H2,1H3,(H,25,26)/t16-,17+,18+/m0/s1. The summed E-state index contributed by atoms with van der Waals surface area (Å²) in [5.41, 5.74) is 1.99. The van der Waals surface area contributed by atoms with E-state index >= 15 is 0 Å².